The molecule has 2 fully saturated rings. The molecule has 4 heterocycles. The Labute approximate surface area is 223 Å². The fourth-order valence-corrected chi connectivity index (χ4v) is 7.00. The number of imide groups is 1. The number of fused-ring (bicyclic) bond motifs is 2. The monoisotopic (exact) mass is 521 g/mol. The Morgan fingerprint density at radius 1 is 1.05 bits per heavy atom. The van der Waals surface area contributed by atoms with Crippen molar-refractivity contribution >= 4 is 17.7 Å². The number of halogens is 1. The van der Waals surface area contributed by atoms with Crippen LogP contribution in [0.3, 0.4) is 0 Å². The summed E-state index contributed by atoms with van der Waals surface area (Å²) in [6.45, 7) is 4.11. The number of carbonyl (C=O) groups excluding carboxylic acids is 3. The van der Waals surface area contributed by atoms with E-state index in [2.05, 4.69) is 16.3 Å². The molecule has 0 saturated carbocycles. The van der Waals surface area contributed by atoms with Crippen molar-refractivity contribution in [3.8, 4) is 0 Å². The molecule has 3 amide bonds. The molecular weight excluding hydrogens is 485 g/mol. The van der Waals surface area contributed by atoms with Crippen LogP contribution < -0.4 is 5.32 Å². The lowest BCUT2D eigenvalue weighted by Crippen LogP contribution is -2.52. The van der Waals surface area contributed by atoms with Crippen LogP contribution in [0.2, 0.25) is 0 Å². The summed E-state index contributed by atoms with van der Waals surface area (Å²) in [5.41, 5.74) is 5.19. The van der Waals surface area contributed by atoms with Crippen LogP contribution in [0.4, 0.5) is 4.39 Å². The van der Waals surface area contributed by atoms with Gasteiger partial charge < -0.3 is 14.5 Å². The number of likely N-dealkylation sites (tertiary alicyclic amines) is 1. The molecule has 1 aliphatic carbocycles. The Kier molecular flexibility index (Phi) is 6.95. The highest BCUT2D eigenvalue weighted by molar-refractivity contribution is 6.05. The van der Waals surface area contributed by atoms with Gasteiger partial charge in [-0.1, -0.05) is 18.6 Å². The molecule has 38 heavy (non-hydrogen) atoms. The van der Waals surface area contributed by atoms with E-state index in [1.165, 1.54) is 11.1 Å². The Morgan fingerprint density at radius 2 is 1.89 bits per heavy atom. The van der Waals surface area contributed by atoms with E-state index < -0.39 is 6.04 Å². The van der Waals surface area contributed by atoms with Gasteiger partial charge >= 0.3 is 0 Å². The number of amides is 3. The molecule has 5 aliphatic rings. The predicted octanol–water partition coefficient (Wildman–Crippen LogP) is 3.97. The quantitative estimate of drug-likeness (QED) is 0.434. The van der Waals surface area contributed by atoms with E-state index in [4.69, 9.17) is 4.74 Å². The number of aryl methyl sites for hydroxylation is 1. The van der Waals surface area contributed by atoms with Crippen molar-refractivity contribution in [2.24, 2.45) is 0 Å². The maximum atomic E-state index is 13.7. The topological polar surface area (TPSA) is 79.0 Å². The molecule has 0 aromatic heterocycles. The maximum absolute atomic E-state index is 13.7. The Hall–Kier alpha value is -2.84. The van der Waals surface area contributed by atoms with E-state index in [-0.39, 0.29) is 35.6 Å². The number of piperidine rings is 2. The Bertz CT molecular complexity index is 1210. The van der Waals surface area contributed by atoms with Gasteiger partial charge in [0.2, 0.25) is 11.8 Å². The molecule has 8 heteroatoms. The molecule has 0 radical (unpaired) electrons. The van der Waals surface area contributed by atoms with Gasteiger partial charge in [0, 0.05) is 38.0 Å². The molecule has 7 nitrogen and oxygen atoms in total. The van der Waals surface area contributed by atoms with Crippen LogP contribution in [0.5, 0.6) is 0 Å². The van der Waals surface area contributed by atoms with Crippen molar-refractivity contribution in [3.05, 3.63) is 57.9 Å². The summed E-state index contributed by atoms with van der Waals surface area (Å²) < 4.78 is 19.9. The lowest BCUT2D eigenvalue weighted by molar-refractivity contribution is -0.136. The van der Waals surface area contributed by atoms with E-state index in [9.17, 15) is 18.8 Å². The molecule has 1 aromatic rings. The molecular formula is C30H36FN3O4. The largest absolute Gasteiger partial charge is 0.366 e. The molecule has 1 N–H and O–H groups in total. The van der Waals surface area contributed by atoms with Gasteiger partial charge in [-0.25, -0.2) is 4.39 Å². The smallest absolute Gasteiger partial charge is 0.255 e. The van der Waals surface area contributed by atoms with Gasteiger partial charge in [-0.2, -0.15) is 0 Å². The summed E-state index contributed by atoms with van der Waals surface area (Å²) >= 11 is 0. The third-order valence-corrected chi connectivity index (χ3v) is 9.15. The third kappa shape index (κ3) is 4.73. The number of allylic oxidation sites excluding steroid dienone is 1. The highest BCUT2D eigenvalue weighted by Gasteiger charge is 2.44. The summed E-state index contributed by atoms with van der Waals surface area (Å²) in [7, 11) is 0. The molecule has 6 rings (SSSR count). The lowest BCUT2D eigenvalue weighted by atomic mass is 9.79. The average Bonchev–Trinajstić information content (AvgIpc) is 3.43. The number of nitrogens with one attached hydrogen (secondary N) is 1. The minimum absolute atomic E-state index is 0.0134. The Morgan fingerprint density at radius 3 is 2.71 bits per heavy atom. The minimum Gasteiger partial charge on any atom is -0.366 e. The highest BCUT2D eigenvalue weighted by atomic mass is 19.1. The molecule has 1 atom stereocenters. The average molecular weight is 522 g/mol. The normalized spacial score (nSPS) is 25.1. The zero-order valence-corrected chi connectivity index (χ0v) is 21.9. The summed E-state index contributed by atoms with van der Waals surface area (Å²) in [4.78, 5) is 41.1. The van der Waals surface area contributed by atoms with Gasteiger partial charge in [-0.15, -0.1) is 0 Å². The van der Waals surface area contributed by atoms with Crippen LogP contribution in [-0.2, 0) is 27.3 Å². The van der Waals surface area contributed by atoms with E-state index in [0.717, 1.165) is 75.7 Å². The number of nitrogens with zero attached hydrogens (tertiary/aromatic N) is 2. The maximum Gasteiger partial charge on any atom is 0.255 e. The molecule has 1 aromatic carbocycles. The number of carbonyl (C=O) groups is 3. The second-order valence-electron chi connectivity index (χ2n) is 11.4. The number of ether oxygens (including phenoxy) is 1. The summed E-state index contributed by atoms with van der Waals surface area (Å²) in [5.74, 6) is -0.756. The SMILES string of the molecule is O=C1CCC(N2Cc3c(CCCCCN4CCC5(CC4)OCC4=C5CCC(F)=C4)cccc3C2=O)C(=O)N1. The molecule has 1 unspecified atom stereocenters. The molecule has 0 bridgehead atoms. The second-order valence-corrected chi connectivity index (χ2v) is 11.4. The molecule has 202 valence electrons. The van der Waals surface area contributed by atoms with Crippen LogP contribution in [0.25, 0.3) is 0 Å². The zero-order chi connectivity index (χ0) is 26.3. The number of unbranched alkanes of at least 4 members (excludes halogenated alkanes) is 2. The first-order valence-corrected chi connectivity index (χ1v) is 14.1. The Balaban J connectivity index is 0.966. The van der Waals surface area contributed by atoms with Crippen LogP contribution in [0.1, 0.15) is 79.3 Å². The van der Waals surface area contributed by atoms with Gasteiger partial charge in [-0.3, -0.25) is 19.7 Å². The van der Waals surface area contributed by atoms with Crippen molar-refractivity contribution in [1.29, 1.82) is 0 Å². The summed E-state index contributed by atoms with van der Waals surface area (Å²) in [6, 6.07) is 5.31. The van der Waals surface area contributed by atoms with E-state index in [1.807, 2.05) is 12.1 Å². The van der Waals surface area contributed by atoms with Gasteiger partial charge in [0.05, 0.1) is 12.2 Å². The van der Waals surface area contributed by atoms with Gasteiger partial charge in [-0.05, 0) is 85.9 Å². The number of benzene rings is 1. The van der Waals surface area contributed by atoms with Gasteiger partial charge in [0.1, 0.15) is 11.9 Å². The van der Waals surface area contributed by atoms with Crippen LogP contribution in [-0.4, -0.2) is 65.4 Å². The minimum atomic E-state index is -0.572. The predicted molar refractivity (Wildman–Crippen MR) is 140 cm³/mol. The second kappa shape index (κ2) is 10.4. The first-order valence-electron chi connectivity index (χ1n) is 14.1. The van der Waals surface area contributed by atoms with Crippen molar-refractivity contribution in [1.82, 2.24) is 15.1 Å². The highest BCUT2D eigenvalue weighted by Crippen LogP contribution is 2.45. The number of rotatable bonds is 7. The molecule has 1 spiro atoms. The van der Waals surface area contributed by atoms with E-state index >= 15 is 0 Å². The lowest BCUT2D eigenvalue weighted by Gasteiger charge is -2.41. The first-order chi connectivity index (χ1) is 18.4. The molecule has 2 saturated heterocycles. The van der Waals surface area contributed by atoms with Gasteiger partial charge in [0.15, 0.2) is 0 Å². The summed E-state index contributed by atoms with van der Waals surface area (Å²) in [6.07, 6.45) is 9.88. The fraction of sp³-hybridized carbons (Fsp3) is 0.567. The van der Waals surface area contributed by atoms with E-state index in [0.29, 0.717) is 31.6 Å². The summed E-state index contributed by atoms with van der Waals surface area (Å²) in [5, 5.41) is 2.37. The molecule has 4 aliphatic heterocycles. The van der Waals surface area contributed by atoms with Crippen LogP contribution >= 0.6 is 0 Å². The van der Waals surface area contributed by atoms with Crippen LogP contribution in [0, 0.1) is 0 Å². The van der Waals surface area contributed by atoms with Crippen molar-refractivity contribution in [3.63, 3.8) is 0 Å². The van der Waals surface area contributed by atoms with E-state index in [1.54, 1.807) is 11.0 Å². The van der Waals surface area contributed by atoms with Crippen molar-refractivity contribution < 1.29 is 23.5 Å². The van der Waals surface area contributed by atoms with Gasteiger partial charge in [0.25, 0.3) is 5.91 Å². The first kappa shape index (κ1) is 25.4. The van der Waals surface area contributed by atoms with Crippen LogP contribution in [0.15, 0.2) is 41.2 Å². The third-order valence-electron chi connectivity index (χ3n) is 9.15. The zero-order valence-electron chi connectivity index (χ0n) is 21.9. The number of hydrogen-bond acceptors (Lipinski definition) is 5. The fourth-order valence-electron chi connectivity index (χ4n) is 7.00. The van der Waals surface area contributed by atoms with Crippen molar-refractivity contribution in [2.45, 2.75) is 82.4 Å². The number of hydrogen-bond donors (Lipinski definition) is 1. The van der Waals surface area contributed by atoms with Crippen molar-refractivity contribution in [2.75, 3.05) is 26.2 Å². The standard InChI is InChI=1S/C30H36FN3O4/c31-22-8-9-25-21(17-22)19-38-30(25)12-15-33(16-13-30)14-3-1-2-5-20-6-4-7-23-24(20)18-34(29(23)37)26-10-11-27(35)32-28(26)36/h4,6-7,17,26H,1-3,5,8-16,18-19H2,(H,32,35,36).